The molecule has 8 heteroatoms. The van der Waals surface area contributed by atoms with Gasteiger partial charge in [0.25, 0.3) is 11.8 Å². The van der Waals surface area contributed by atoms with E-state index in [1.165, 1.54) is 18.2 Å². The van der Waals surface area contributed by atoms with Gasteiger partial charge in [-0.3, -0.25) is 9.59 Å². The molecule has 27 heavy (non-hydrogen) atoms. The standard InChI is InChI=1S/C19H18F3N3O2/c20-19(21,22)13-7-9-14(10-8-13)23-17(26)15-5-4-6-16(24-15)18(27)25-11-2-1-3-12-25/h4-10H,1-3,11-12H2,(H,23,26). The molecule has 0 spiro atoms. The molecule has 142 valence electrons. The van der Waals surface area contributed by atoms with Crippen LogP contribution >= 0.6 is 0 Å². The third-order valence-electron chi connectivity index (χ3n) is 4.31. The molecule has 1 saturated heterocycles. The number of benzene rings is 1. The third kappa shape index (κ3) is 4.64. The summed E-state index contributed by atoms with van der Waals surface area (Å²) in [5.41, 5.74) is -0.384. The molecule has 2 amide bonds. The van der Waals surface area contributed by atoms with E-state index in [2.05, 4.69) is 10.3 Å². The third-order valence-corrected chi connectivity index (χ3v) is 4.31. The van der Waals surface area contributed by atoms with Gasteiger partial charge in [-0.25, -0.2) is 4.98 Å². The maximum Gasteiger partial charge on any atom is 0.416 e. The number of amides is 2. The van der Waals surface area contributed by atoms with Gasteiger partial charge < -0.3 is 10.2 Å². The van der Waals surface area contributed by atoms with Crippen molar-refractivity contribution in [3.05, 3.63) is 59.4 Å². The predicted molar refractivity (Wildman–Crippen MR) is 93.4 cm³/mol. The van der Waals surface area contributed by atoms with E-state index in [0.29, 0.717) is 13.1 Å². The van der Waals surface area contributed by atoms with Crippen molar-refractivity contribution in [2.45, 2.75) is 25.4 Å². The molecule has 1 fully saturated rings. The van der Waals surface area contributed by atoms with Gasteiger partial charge in [0.1, 0.15) is 11.4 Å². The molecule has 2 aromatic rings. The molecule has 2 heterocycles. The number of piperidine rings is 1. The molecule has 0 atom stereocenters. The number of rotatable bonds is 3. The Morgan fingerprint density at radius 2 is 1.56 bits per heavy atom. The highest BCUT2D eigenvalue weighted by Gasteiger charge is 2.30. The Balaban J connectivity index is 1.70. The van der Waals surface area contributed by atoms with E-state index >= 15 is 0 Å². The van der Waals surface area contributed by atoms with Crippen LogP contribution in [0.2, 0.25) is 0 Å². The van der Waals surface area contributed by atoms with Crippen molar-refractivity contribution in [1.29, 1.82) is 0 Å². The van der Waals surface area contributed by atoms with Gasteiger partial charge in [-0.1, -0.05) is 6.07 Å². The van der Waals surface area contributed by atoms with E-state index in [1.807, 2.05) is 0 Å². The summed E-state index contributed by atoms with van der Waals surface area (Å²) in [4.78, 5) is 30.6. The maximum atomic E-state index is 12.6. The molecule has 1 aliphatic rings. The van der Waals surface area contributed by atoms with Gasteiger partial charge in [0, 0.05) is 18.8 Å². The number of alkyl halides is 3. The molecular weight excluding hydrogens is 359 g/mol. The Hall–Kier alpha value is -2.90. The molecule has 0 radical (unpaired) electrons. The predicted octanol–water partition coefficient (Wildman–Crippen LogP) is 3.98. The van der Waals surface area contributed by atoms with E-state index in [4.69, 9.17) is 0 Å². The lowest BCUT2D eigenvalue weighted by molar-refractivity contribution is -0.137. The Bertz CT molecular complexity index is 829. The topological polar surface area (TPSA) is 62.3 Å². The van der Waals surface area contributed by atoms with Crippen LogP contribution in [0.3, 0.4) is 0 Å². The van der Waals surface area contributed by atoms with Crippen LogP contribution < -0.4 is 5.32 Å². The molecule has 0 saturated carbocycles. The van der Waals surface area contributed by atoms with Crippen molar-refractivity contribution in [3.8, 4) is 0 Å². The largest absolute Gasteiger partial charge is 0.416 e. The molecule has 5 nitrogen and oxygen atoms in total. The second-order valence-corrected chi connectivity index (χ2v) is 6.29. The normalized spacial score (nSPS) is 14.7. The zero-order valence-corrected chi connectivity index (χ0v) is 14.4. The number of anilines is 1. The fourth-order valence-electron chi connectivity index (χ4n) is 2.88. The fraction of sp³-hybridized carbons (Fsp3) is 0.316. The second kappa shape index (κ2) is 7.77. The highest BCUT2D eigenvalue weighted by atomic mass is 19.4. The summed E-state index contributed by atoms with van der Waals surface area (Å²) in [6.07, 6.45) is -1.46. The molecule has 1 aromatic heterocycles. The van der Waals surface area contributed by atoms with Crippen LogP contribution in [0.5, 0.6) is 0 Å². The van der Waals surface area contributed by atoms with Gasteiger partial charge in [-0.15, -0.1) is 0 Å². The number of carbonyl (C=O) groups is 2. The van der Waals surface area contributed by atoms with Gasteiger partial charge in [0.15, 0.2) is 0 Å². The highest BCUT2D eigenvalue weighted by molar-refractivity contribution is 6.03. The minimum absolute atomic E-state index is 0.0257. The number of pyridine rings is 1. The van der Waals surface area contributed by atoms with E-state index in [9.17, 15) is 22.8 Å². The lowest BCUT2D eigenvalue weighted by Crippen LogP contribution is -2.36. The first-order valence-corrected chi connectivity index (χ1v) is 8.59. The van der Waals surface area contributed by atoms with Crippen LogP contribution in [0.1, 0.15) is 45.8 Å². The summed E-state index contributed by atoms with van der Waals surface area (Å²) >= 11 is 0. The highest BCUT2D eigenvalue weighted by Crippen LogP contribution is 2.29. The van der Waals surface area contributed by atoms with Gasteiger partial charge in [0.05, 0.1) is 5.56 Å². The lowest BCUT2D eigenvalue weighted by atomic mass is 10.1. The number of aromatic nitrogens is 1. The molecular formula is C19H18F3N3O2. The molecule has 0 bridgehead atoms. The summed E-state index contributed by atoms with van der Waals surface area (Å²) in [5.74, 6) is -0.818. The Labute approximate surface area is 154 Å². The molecule has 1 aliphatic heterocycles. The molecule has 1 aromatic carbocycles. The Morgan fingerprint density at radius 1 is 0.926 bits per heavy atom. The minimum atomic E-state index is -4.44. The number of hydrogen-bond acceptors (Lipinski definition) is 3. The maximum absolute atomic E-state index is 12.6. The second-order valence-electron chi connectivity index (χ2n) is 6.29. The zero-order valence-electron chi connectivity index (χ0n) is 14.4. The summed E-state index contributed by atoms with van der Waals surface area (Å²) in [6.45, 7) is 1.34. The van der Waals surface area contributed by atoms with Gasteiger partial charge in [-0.2, -0.15) is 13.2 Å². The van der Waals surface area contributed by atoms with Crippen LogP contribution in [-0.2, 0) is 6.18 Å². The number of nitrogens with one attached hydrogen (secondary N) is 1. The van der Waals surface area contributed by atoms with Crippen molar-refractivity contribution in [3.63, 3.8) is 0 Å². The van der Waals surface area contributed by atoms with Crippen molar-refractivity contribution < 1.29 is 22.8 Å². The van der Waals surface area contributed by atoms with Gasteiger partial charge >= 0.3 is 6.18 Å². The van der Waals surface area contributed by atoms with Gasteiger partial charge in [-0.05, 0) is 55.7 Å². The molecule has 3 rings (SSSR count). The smallest absolute Gasteiger partial charge is 0.337 e. The quantitative estimate of drug-likeness (QED) is 0.880. The van der Waals surface area contributed by atoms with Crippen LogP contribution in [0, 0.1) is 0 Å². The monoisotopic (exact) mass is 377 g/mol. The summed E-state index contributed by atoms with van der Waals surface area (Å²) in [5, 5.41) is 2.49. The minimum Gasteiger partial charge on any atom is -0.337 e. The first-order chi connectivity index (χ1) is 12.8. The van der Waals surface area contributed by atoms with Crippen LogP contribution in [0.15, 0.2) is 42.5 Å². The number of halogens is 3. The van der Waals surface area contributed by atoms with Crippen LogP contribution in [0.4, 0.5) is 18.9 Å². The Kier molecular flexibility index (Phi) is 5.43. The molecule has 1 N–H and O–H groups in total. The first-order valence-electron chi connectivity index (χ1n) is 8.59. The van der Waals surface area contributed by atoms with Crippen LogP contribution in [0.25, 0.3) is 0 Å². The summed E-state index contributed by atoms with van der Waals surface area (Å²) in [6, 6.07) is 8.68. The average molecular weight is 377 g/mol. The van der Waals surface area contributed by atoms with Crippen molar-refractivity contribution in [2.24, 2.45) is 0 Å². The summed E-state index contributed by atoms with van der Waals surface area (Å²) < 4.78 is 37.8. The zero-order chi connectivity index (χ0) is 19.4. The summed E-state index contributed by atoms with van der Waals surface area (Å²) in [7, 11) is 0. The van der Waals surface area contributed by atoms with E-state index in [1.54, 1.807) is 17.0 Å². The first kappa shape index (κ1) is 18.9. The fourth-order valence-corrected chi connectivity index (χ4v) is 2.88. The van der Waals surface area contributed by atoms with Crippen molar-refractivity contribution >= 4 is 17.5 Å². The molecule has 0 aliphatic carbocycles. The number of carbonyl (C=O) groups excluding carboxylic acids is 2. The Morgan fingerprint density at radius 3 is 2.19 bits per heavy atom. The van der Waals surface area contributed by atoms with E-state index < -0.39 is 17.6 Å². The van der Waals surface area contributed by atoms with E-state index in [-0.39, 0.29) is 23.0 Å². The van der Waals surface area contributed by atoms with Crippen molar-refractivity contribution in [2.75, 3.05) is 18.4 Å². The number of nitrogens with zero attached hydrogens (tertiary/aromatic N) is 2. The SMILES string of the molecule is O=C(Nc1ccc(C(F)(F)F)cc1)c1cccc(C(=O)N2CCCCC2)n1. The van der Waals surface area contributed by atoms with E-state index in [0.717, 1.165) is 31.4 Å². The number of hydrogen-bond donors (Lipinski definition) is 1. The van der Waals surface area contributed by atoms with Crippen LogP contribution in [-0.4, -0.2) is 34.8 Å². The van der Waals surface area contributed by atoms with Gasteiger partial charge in [0.2, 0.25) is 0 Å². The average Bonchev–Trinajstić information content (AvgIpc) is 2.68. The lowest BCUT2D eigenvalue weighted by Gasteiger charge is -2.26. The molecule has 0 unspecified atom stereocenters. The number of likely N-dealkylation sites (tertiary alicyclic amines) is 1. The van der Waals surface area contributed by atoms with Crippen molar-refractivity contribution in [1.82, 2.24) is 9.88 Å².